The van der Waals surface area contributed by atoms with Crippen molar-refractivity contribution in [2.75, 3.05) is 33.4 Å². The van der Waals surface area contributed by atoms with Crippen LogP contribution < -0.4 is 5.32 Å². The number of likely N-dealkylation sites (tertiary alicyclic amines) is 1. The van der Waals surface area contributed by atoms with Crippen LogP contribution in [0.25, 0.3) is 0 Å². The number of ether oxygens (including phenoxy) is 1. The van der Waals surface area contributed by atoms with Crippen LogP contribution in [0, 0.1) is 12.8 Å². The van der Waals surface area contributed by atoms with Gasteiger partial charge in [-0.05, 0) is 36.8 Å². The third-order valence-electron chi connectivity index (χ3n) is 5.15. The van der Waals surface area contributed by atoms with E-state index in [1.54, 1.807) is 7.11 Å². The summed E-state index contributed by atoms with van der Waals surface area (Å²) < 4.78 is 5.10. The summed E-state index contributed by atoms with van der Waals surface area (Å²) in [6.07, 6.45) is 1.33. The first-order valence-electron chi connectivity index (χ1n) is 8.69. The Bertz CT molecular complexity index is 549. The third kappa shape index (κ3) is 5.03. The zero-order chi connectivity index (χ0) is 17.6. The summed E-state index contributed by atoms with van der Waals surface area (Å²) in [5.74, 6) is 0.165. The average molecular weight is 334 g/mol. The molecular formula is C19H30N2O3. The smallest absolute Gasteiger partial charge is 0.234 e. The maximum absolute atomic E-state index is 12.2. The molecule has 0 radical (unpaired) electrons. The molecule has 0 saturated carbocycles. The second kappa shape index (κ2) is 8.60. The van der Waals surface area contributed by atoms with Crippen LogP contribution in [0.3, 0.4) is 0 Å². The van der Waals surface area contributed by atoms with Gasteiger partial charge in [-0.1, -0.05) is 31.2 Å². The lowest BCUT2D eigenvalue weighted by atomic mass is 9.80. The summed E-state index contributed by atoms with van der Waals surface area (Å²) in [6, 6.07) is 8.07. The minimum atomic E-state index is -0.676. The second-order valence-corrected chi connectivity index (χ2v) is 6.94. The van der Waals surface area contributed by atoms with Crippen LogP contribution in [-0.2, 0) is 16.1 Å². The van der Waals surface area contributed by atoms with Crippen LogP contribution in [0.2, 0.25) is 0 Å². The zero-order valence-electron chi connectivity index (χ0n) is 15.0. The first-order chi connectivity index (χ1) is 11.4. The molecule has 1 saturated heterocycles. The third-order valence-corrected chi connectivity index (χ3v) is 5.15. The molecule has 1 fully saturated rings. The topological polar surface area (TPSA) is 61.8 Å². The number of hydrogen-bond acceptors (Lipinski definition) is 4. The Labute approximate surface area is 145 Å². The van der Waals surface area contributed by atoms with E-state index in [1.807, 2.05) is 25.1 Å². The number of carbonyl (C=O) groups excluding carboxylic acids is 1. The van der Waals surface area contributed by atoms with Gasteiger partial charge in [0.1, 0.15) is 0 Å². The number of rotatable bonds is 7. The molecule has 134 valence electrons. The molecular weight excluding hydrogens is 304 g/mol. The lowest BCUT2D eigenvalue weighted by molar-refractivity contribution is -0.125. The fourth-order valence-corrected chi connectivity index (χ4v) is 3.30. The Morgan fingerprint density at radius 3 is 2.88 bits per heavy atom. The standard InChI is InChI=1S/C19H30N2O3/c1-15-6-4-5-7-17(15)12-20-18(22)14-21-10-8-19(23,9-11-24-3)16(2)13-21/h4-7,16,23H,8-14H2,1-3H3,(H,20,22)/t16-,19-/m1/s1. The molecule has 1 amide bonds. The number of piperidine rings is 1. The predicted octanol–water partition coefficient (Wildman–Crippen LogP) is 1.72. The van der Waals surface area contributed by atoms with Gasteiger partial charge in [0.05, 0.1) is 12.1 Å². The van der Waals surface area contributed by atoms with E-state index in [9.17, 15) is 9.90 Å². The minimum absolute atomic E-state index is 0.0350. The number of carbonyl (C=O) groups is 1. The molecule has 24 heavy (non-hydrogen) atoms. The lowest BCUT2D eigenvalue weighted by Crippen LogP contribution is -2.53. The number of aliphatic hydroxyl groups is 1. The van der Waals surface area contributed by atoms with Gasteiger partial charge in [-0.2, -0.15) is 0 Å². The van der Waals surface area contributed by atoms with E-state index in [-0.39, 0.29) is 11.8 Å². The predicted molar refractivity (Wildman–Crippen MR) is 94.7 cm³/mol. The molecule has 0 bridgehead atoms. The number of benzene rings is 1. The molecule has 1 aliphatic rings. The largest absolute Gasteiger partial charge is 0.389 e. The van der Waals surface area contributed by atoms with Crippen molar-refractivity contribution in [1.82, 2.24) is 10.2 Å². The summed E-state index contributed by atoms with van der Waals surface area (Å²) in [6.45, 7) is 7.09. The van der Waals surface area contributed by atoms with E-state index in [0.29, 0.717) is 32.5 Å². The SMILES string of the molecule is COCC[C@]1(O)CCN(CC(=O)NCc2ccccc2C)C[C@H]1C. The molecule has 2 N–H and O–H groups in total. The number of hydrogen-bond donors (Lipinski definition) is 2. The van der Waals surface area contributed by atoms with Gasteiger partial charge in [-0.25, -0.2) is 0 Å². The van der Waals surface area contributed by atoms with Crippen LogP contribution in [-0.4, -0.2) is 54.9 Å². The fourth-order valence-electron chi connectivity index (χ4n) is 3.30. The van der Waals surface area contributed by atoms with Crippen molar-refractivity contribution in [2.24, 2.45) is 5.92 Å². The van der Waals surface area contributed by atoms with E-state index in [1.165, 1.54) is 5.56 Å². The Morgan fingerprint density at radius 2 is 2.21 bits per heavy atom. The van der Waals surface area contributed by atoms with Crippen molar-refractivity contribution < 1.29 is 14.6 Å². The molecule has 1 aliphatic heterocycles. The van der Waals surface area contributed by atoms with E-state index in [0.717, 1.165) is 18.7 Å². The average Bonchev–Trinajstić information content (AvgIpc) is 2.56. The number of nitrogens with zero attached hydrogens (tertiary/aromatic N) is 1. The summed E-state index contributed by atoms with van der Waals surface area (Å²) in [5.41, 5.74) is 1.66. The molecule has 2 rings (SSSR count). The molecule has 0 unspecified atom stereocenters. The fraction of sp³-hybridized carbons (Fsp3) is 0.632. The maximum Gasteiger partial charge on any atom is 0.234 e. The van der Waals surface area contributed by atoms with Gasteiger partial charge >= 0.3 is 0 Å². The van der Waals surface area contributed by atoms with E-state index >= 15 is 0 Å². The quantitative estimate of drug-likeness (QED) is 0.797. The van der Waals surface area contributed by atoms with Crippen LogP contribution in [0.15, 0.2) is 24.3 Å². The first kappa shape index (κ1) is 18.9. The lowest BCUT2D eigenvalue weighted by Gasteiger charge is -2.43. The van der Waals surface area contributed by atoms with E-state index in [4.69, 9.17) is 4.74 Å². The molecule has 5 heteroatoms. The van der Waals surface area contributed by atoms with Gasteiger partial charge < -0.3 is 15.2 Å². The summed E-state index contributed by atoms with van der Waals surface area (Å²) in [5, 5.41) is 13.7. The van der Waals surface area contributed by atoms with Crippen molar-refractivity contribution in [2.45, 2.75) is 38.8 Å². The van der Waals surface area contributed by atoms with Crippen LogP contribution in [0.1, 0.15) is 30.9 Å². The van der Waals surface area contributed by atoms with Crippen LogP contribution >= 0.6 is 0 Å². The molecule has 0 aliphatic carbocycles. The van der Waals surface area contributed by atoms with Crippen molar-refractivity contribution in [3.63, 3.8) is 0 Å². The van der Waals surface area contributed by atoms with Crippen molar-refractivity contribution >= 4 is 5.91 Å². The Hall–Kier alpha value is -1.43. The first-order valence-corrected chi connectivity index (χ1v) is 8.69. The van der Waals surface area contributed by atoms with Crippen LogP contribution in [0.5, 0.6) is 0 Å². The highest BCUT2D eigenvalue weighted by Crippen LogP contribution is 2.30. The summed E-state index contributed by atoms with van der Waals surface area (Å²) in [4.78, 5) is 14.3. The second-order valence-electron chi connectivity index (χ2n) is 6.94. The summed E-state index contributed by atoms with van der Waals surface area (Å²) >= 11 is 0. The van der Waals surface area contributed by atoms with Gasteiger partial charge in [-0.15, -0.1) is 0 Å². The molecule has 5 nitrogen and oxygen atoms in total. The molecule has 0 spiro atoms. The number of nitrogens with one attached hydrogen (secondary N) is 1. The monoisotopic (exact) mass is 334 g/mol. The Balaban J connectivity index is 1.78. The maximum atomic E-state index is 12.2. The van der Waals surface area contributed by atoms with Crippen molar-refractivity contribution in [3.8, 4) is 0 Å². The van der Waals surface area contributed by atoms with Crippen molar-refractivity contribution in [1.29, 1.82) is 0 Å². The van der Waals surface area contributed by atoms with Gasteiger partial charge in [0, 0.05) is 33.4 Å². The summed E-state index contributed by atoms with van der Waals surface area (Å²) in [7, 11) is 1.65. The molecule has 1 aromatic rings. The minimum Gasteiger partial charge on any atom is -0.389 e. The highest BCUT2D eigenvalue weighted by molar-refractivity contribution is 5.78. The van der Waals surface area contributed by atoms with Gasteiger partial charge in [-0.3, -0.25) is 9.69 Å². The number of methoxy groups -OCH3 is 1. The zero-order valence-corrected chi connectivity index (χ0v) is 15.0. The highest BCUT2D eigenvalue weighted by Gasteiger charge is 2.38. The van der Waals surface area contributed by atoms with Crippen molar-refractivity contribution in [3.05, 3.63) is 35.4 Å². The highest BCUT2D eigenvalue weighted by atomic mass is 16.5. The van der Waals surface area contributed by atoms with Gasteiger partial charge in [0.15, 0.2) is 0 Å². The van der Waals surface area contributed by atoms with Gasteiger partial charge in [0.2, 0.25) is 5.91 Å². The Kier molecular flexibility index (Phi) is 6.78. The van der Waals surface area contributed by atoms with E-state index < -0.39 is 5.60 Å². The molecule has 2 atom stereocenters. The molecule has 1 aromatic carbocycles. The number of amides is 1. The molecule has 0 aromatic heterocycles. The Morgan fingerprint density at radius 1 is 1.46 bits per heavy atom. The number of aryl methyl sites for hydroxylation is 1. The molecule has 1 heterocycles. The van der Waals surface area contributed by atoms with Gasteiger partial charge in [0.25, 0.3) is 0 Å². The van der Waals surface area contributed by atoms with E-state index in [2.05, 4.69) is 23.2 Å². The van der Waals surface area contributed by atoms with Crippen LogP contribution in [0.4, 0.5) is 0 Å². The normalized spacial score (nSPS) is 24.8.